The molecule has 0 heterocycles. The summed E-state index contributed by atoms with van der Waals surface area (Å²) in [5, 5.41) is 7.81. The standard InChI is InChI=1S/C15H21N3O4/c1-9(2)13(14(20)22-4)18-15(21)17-12-7-5-11(6-8-12)16-10(3)19/h5-9,13H,1-4H3,(H,16,19)(H2,17,18,21)/t13-/m0/s1. The number of hydrogen-bond donors (Lipinski definition) is 3. The number of urea groups is 1. The van der Waals surface area contributed by atoms with Crippen LogP contribution in [0.5, 0.6) is 0 Å². The number of amides is 3. The van der Waals surface area contributed by atoms with Crippen LogP contribution in [0, 0.1) is 5.92 Å². The van der Waals surface area contributed by atoms with Crippen LogP contribution in [0.4, 0.5) is 16.2 Å². The topological polar surface area (TPSA) is 96.5 Å². The van der Waals surface area contributed by atoms with Crippen molar-refractivity contribution in [3.05, 3.63) is 24.3 Å². The Morgan fingerprint density at radius 2 is 1.50 bits per heavy atom. The predicted octanol–water partition coefficient (Wildman–Crippen LogP) is 1.96. The van der Waals surface area contributed by atoms with Gasteiger partial charge in [-0.05, 0) is 30.2 Å². The van der Waals surface area contributed by atoms with E-state index in [-0.39, 0.29) is 11.8 Å². The van der Waals surface area contributed by atoms with Crippen LogP contribution < -0.4 is 16.0 Å². The third-order valence-corrected chi connectivity index (χ3v) is 2.87. The van der Waals surface area contributed by atoms with E-state index in [0.29, 0.717) is 11.4 Å². The molecule has 0 aliphatic rings. The summed E-state index contributed by atoms with van der Waals surface area (Å²) in [4.78, 5) is 34.4. The third kappa shape index (κ3) is 5.43. The lowest BCUT2D eigenvalue weighted by Gasteiger charge is -2.20. The lowest BCUT2D eigenvalue weighted by atomic mass is 10.1. The maximum absolute atomic E-state index is 11.9. The van der Waals surface area contributed by atoms with E-state index in [1.807, 2.05) is 13.8 Å². The minimum atomic E-state index is -0.719. The number of nitrogens with one attached hydrogen (secondary N) is 3. The van der Waals surface area contributed by atoms with Gasteiger partial charge in [-0.15, -0.1) is 0 Å². The van der Waals surface area contributed by atoms with Crippen molar-refractivity contribution >= 4 is 29.3 Å². The van der Waals surface area contributed by atoms with E-state index in [4.69, 9.17) is 0 Å². The van der Waals surface area contributed by atoms with Gasteiger partial charge in [0.15, 0.2) is 0 Å². The molecule has 7 nitrogen and oxygen atoms in total. The normalized spacial score (nSPS) is 11.5. The van der Waals surface area contributed by atoms with Crippen molar-refractivity contribution in [2.45, 2.75) is 26.8 Å². The number of ether oxygens (including phenoxy) is 1. The fourth-order valence-electron chi connectivity index (χ4n) is 1.77. The minimum Gasteiger partial charge on any atom is -0.467 e. The molecular formula is C15H21N3O4. The highest BCUT2D eigenvalue weighted by Crippen LogP contribution is 2.13. The fraction of sp³-hybridized carbons (Fsp3) is 0.400. The highest BCUT2D eigenvalue weighted by molar-refractivity contribution is 5.93. The molecule has 7 heteroatoms. The molecular weight excluding hydrogens is 286 g/mol. The molecule has 0 fully saturated rings. The van der Waals surface area contributed by atoms with Gasteiger partial charge in [0.25, 0.3) is 0 Å². The molecule has 3 N–H and O–H groups in total. The van der Waals surface area contributed by atoms with E-state index in [0.717, 1.165) is 0 Å². The highest BCUT2D eigenvalue weighted by atomic mass is 16.5. The molecule has 0 spiro atoms. The molecule has 0 saturated heterocycles. The number of benzene rings is 1. The fourth-order valence-corrected chi connectivity index (χ4v) is 1.77. The van der Waals surface area contributed by atoms with Crippen LogP contribution in [0.1, 0.15) is 20.8 Å². The summed E-state index contributed by atoms with van der Waals surface area (Å²) < 4.78 is 4.66. The highest BCUT2D eigenvalue weighted by Gasteiger charge is 2.24. The smallest absolute Gasteiger partial charge is 0.328 e. The molecule has 1 atom stereocenters. The van der Waals surface area contributed by atoms with Crippen molar-refractivity contribution in [1.82, 2.24) is 5.32 Å². The molecule has 0 bridgehead atoms. The molecule has 0 radical (unpaired) electrons. The number of esters is 1. The first-order valence-electron chi connectivity index (χ1n) is 6.86. The van der Waals surface area contributed by atoms with Crippen LogP contribution in [-0.4, -0.2) is 31.1 Å². The number of rotatable bonds is 5. The second-order valence-electron chi connectivity index (χ2n) is 5.10. The van der Waals surface area contributed by atoms with Gasteiger partial charge < -0.3 is 20.7 Å². The number of methoxy groups -OCH3 is 1. The van der Waals surface area contributed by atoms with Gasteiger partial charge in [0.2, 0.25) is 5.91 Å². The lowest BCUT2D eigenvalue weighted by Crippen LogP contribution is -2.46. The minimum absolute atomic E-state index is 0.0969. The van der Waals surface area contributed by atoms with Crippen molar-refractivity contribution in [1.29, 1.82) is 0 Å². The lowest BCUT2D eigenvalue weighted by molar-refractivity contribution is -0.143. The van der Waals surface area contributed by atoms with Gasteiger partial charge >= 0.3 is 12.0 Å². The largest absolute Gasteiger partial charge is 0.467 e. The number of hydrogen-bond acceptors (Lipinski definition) is 4. The molecule has 0 aliphatic heterocycles. The molecule has 22 heavy (non-hydrogen) atoms. The van der Waals surface area contributed by atoms with E-state index >= 15 is 0 Å². The van der Waals surface area contributed by atoms with Crippen LogP contribution in [0.15, 0.2) is 24.3 Å². The first-order chi connectivity index (χ1) is 10.3. The molecule has 0 aliphatic carbocycles. The second-order valence-corrected chi connectivity index (χ2v) is 5.10. The summed E-state index contributed by atoms with van der Waals surface area (Å²) in [6.45, 7) is 5.03. The number of carbonyl (C=O) groups excluding carboxylic acids is 3. The van der Waals surface area contributed by atoms with Gasteiger partial charge in [0.1, 0.15) is 6.04 Å². The third-order valence-electron chi connectivity index (χ3n) is 2.87. The Morgan fingerprint density at radius 3 is 1.91 bits per heavy atom. The Balaban J connectivity index is 2.64. The van der Waals surface area contributed by atoms with Gasteiger partial charge in [-0.25, -0.2) is 9.59 Å². The van der Waals surface area contributed by atoms with Crippen LogP contribution in [0.25, 0.3) is 0 Å². The Hall–Kier alpha value is -2.57. The van der Waals surface area contributed by atoms with Gasteiger partial charge in [-0.2, -0.15) is 0 Å². The predicted molar refractivity (Wildman–Crippen MR) is 83.5 cm³/mol. The number of anilines is 2. The first kappa shape index (κ1) is 17.5. The zero-order valence-corrected chi connectivity index (χ0v) is 13.1. The van der Waals surface area contributed by atoms with Gasteiger partial charge in [-0.1, -0.05) is 13.8 Å². The van der Waals surface area contributed by atoms with E-state index in [9.17, 15) is 14.4 Å². The number of carbonyl (C=O) groups is 3. The zero-order chi connectivity index (χ0) is 16.7. The van der Waals surface area contributed by atoms with Crippen molar-refractivity contribution < 1.29 is 19.1 Å². The maximum atomic E-state index is 11.9. The summed E-state index contributed by atoms with van der Waals surface area (Å²) >= 11 is 0. The van der Waals surface area contributed by atoms with Crippen LogP contribution in [0.3, 0.4) is 0 Å². The van der Waals surface area contributed by atoms with Gasteiger partial charge in [0, 0.05) is 18.3 Å². The Kier molecular flexibility index (Phi) is 6.37. The second kappa shape index (κ2) is 8.02. The zero-order valence-electron chi connectivity index (χ0n) is 13.1. The van der Waals surface area contributed by atoms with Crippen molar-refractivity contribution in [3.63, 3.8) is 0 Å². The molecule has 0 saturated carbocycles. The maximum Gasteiger partial charge on any atom is 0.328 e. The SMILES string of the molecule is COC(=O)[C@@H](NC(=O)Nc1ccc(NC(C)=O)cc1)C(C)C. The molecule has 1 rings (SSSR count). The Morgan fingerprint density at radius 1 is 1.00 bits per heavy atom. The van der Waals surface area contributed by atoms with Crippen LogP contribution in [-0.2, 0) is 14.3 Å². The summed E-state index contributed by atoms with van der Waals surface area (Å²) in [6.07, 6.45) is 0. The van der Waals surface area contributed by atoms with Crippen molar-refractivity contribution in [2.24, 2.45) is 5.92 Å². The van der Waals surface area contributed by atoms with Gasteiger partial charge in [-0.3, -0.25) is 4.79 Å². The van der Waals surface area contributed by atoms with Crippen molar-refractivity contribution in [2.75, 3.05) is 17.7 Å². The average molecular weight is 307 g/mol. The Labute approximate surface area is 129 Å². The van der Waals surface area contributed by atoms with Crippen LogP contribution >= 0.6 is 0 Å². The molecule has 120 valence electrons. The first-order valence-corrected chi connectivity index (χ1v) is 6.86. The van der Waals surface area contributed by atoms with Gasteiger partial charge in [0.05, 0.1) is 7.11 Å². The van der Waals surface area contributed by atoms with E-state index in [1.165, 1.54) is 14.0 Å². The van der Waals surface area contributed by atoms with E-state index < -0.39 is 18.0 Å². The molecule has 1 aromatic carbocycles. The van der Waals surface area contributed by atoms with Crippen LogP contribution in [0.2, 0.25) is 0 Å². The summed E-state index contributed by atoms with van der Waals surface area (Å²) in [6, 6.07) is 5.40. The van der Waals surface area contributed by atoms with Crippen molar-refractivity contribution in [3.8, 4) is 0 Å². The summed E-state index contributed by atoms with van der Waals surface area (Å²) in [7, 11) is 1.28. The summed E-state index contributed by atoms with van der Waals surface area (Å²) in [5.74, 6) is -0.761. The average Bonchev–Trinajstić information content (AvgIpc) is 2.45. The molecule has 0 unspecified atom stereocenters. The monoisotopic (exact) mass is 307 g/mol. The Bertz CT molecular complexity index is 540. The van der Waals surface area contributed by atoms with E-state index in [2.05, 4.69) is 20.7 Å². The molecule has 0 aromatic heterocycles. The molecule has 3 amide bonds. The molecule has 1 aromatic rings. The summed E-state index contributed by atoms with van der Waals surface area (Å²) in [5.41, 5.74) is 1.17. The quantitative estimate of drug-likeness (QED) is 0.724. The van der Waals surface area contributed by atoms with E-state index in [1.54, 1.807) is 24.3 Å².